The van der Waals surface area contributed by atoms with Crippen molar-refractivity contribution in [1.29, 1.82) is 0 Å². The van der Waals surface area contributed by atoms with Crippen molar-refractivity contribution in [1.82, 2.24) is 25.1 Å². The average Bonchev–Trinajstić information content (AvgIpc) is 3.03. The Morgan fingerprint density at radius 3 is 2.96 bits per heavy atom. The van der Waals surface area contributed by atoms with Crippen molar-refractivity contribution in [2.45, 2.75) is 32.0 Å². The molecule has 2 heterocycles. The summed E-state index contributed by atoms with van der Waals surface area (Å²) in [6.45, 7) is 6.21. The van der Waals surface area contributed by atoms with Crippen LogP contribution in [0, 0.1) is 0 Å². The summed E-state index contributed by atoms with van der Waals surface area (Å²) in [5.41, 5.74) is 0.763. The Hall–Kier alpha value is -2.13. The van der Waals surface area contributed by atoms with Gasteiger partial charge in [0.2, 0.25) is 5.91 Å². The molecule has 9 heteroatoms. The Bertz CT molecular complexity index is 746. The summed E-state index contributed by atoms with van der Waals surface area (Å²) in [5, 5.41) is 12.1. The molecule has 2 aromatic heterocycles. The molecule has 26 heavy (non-hydrogen) atoms. The number of anilines is 1. The highest BCUT2D eigenvalue weighted by Crippen LogP contribution is 2.24. The highest BCUT2D eigenvalue weighted by molar-refractivity contribution is 7.99. The van der Waals surface area contributed by atoms with E-state index in [1.165, 1.54) is 6.08 Å². The molecule has 0 aromatic carbocycles. The lowest BCUT2D eigenvalue weighted by molar-refractivity contribution is -0.116. The second kappa shape index (κ2) is 10.8. The van der Waals surface area contributed by atoms with E-state index in [0.29, 0.717) is 26.2 Å². The van der Waals surface area contributed by atoms with Crippen LogP contribution in [-0.4, -0.2) is 58.2 Å². The van der Waals surface area contributed by atoms with Crippen molar-refractivity contribution >= 4 is 34.5 Å². The Kier molecular flexibility index (Phi) is 8.36. The lowest BCUT2D eigenvalue weighted by atomic mass is 10.4. The summed E-state index contributed by atoms with van der Waals surface area (Å²) in [6.07, 6.45) is 6.02. The number of aromatic nitrogens is 4. The number of rotatable bonds is 11. The molecule has 0 unspecified atom stereocenters. The van der Waals surface area contributed by atoms with Gasteiger partial charge >= 0.3 is 0 Å². The van der Waals surface area contributed by atoms with E-state index in [2.05, 4.69) is 32.6 Å². The van der Waals surface area contributed by atoms with Gasteiger partial charge in [0.05, 0.1) is 24.7 Å². The molecule has 0 saturated carbocycles. The molecule has 142 valence electrons. The van der Waals surface area contributed by atoms with Gasteiger partial charge in [0.25, 0.3) is 0 Å². The number of allylic oxidation sites excluding steroid dienone is 1. The number of amides is 1. The molecule has 0 aliphatic carbocycles. The van der Waals surface area contributed by atoms with Crippen LogP contribution in [0.25, 0.3) is 11.0 Å². The predicted octanol–water partition coefficient (Wildman–Crippen LogP) is 2.08. The van der Waals surface area contributed by atoms with Crippen LogP contribution in [0.1, 0.15) is 20.3 Å². The molecular weight excluding hydrogens is 352 g/mol. The van der Waals surface area contributed by atoms with Crippen LogP contribution in [0.4, 0.5) is 5.82 Å². The minimum Gasteiger partial charge on any atom is -0.383 e. The maximum absolute atomic E-state index is 11.5. The van der Waals surface area contributed by atoms with Crippen LogP contribution < -0.4 is 10.6 Å². The number of hydrogen-bond acceptors (Lipinski definition) is 7. The molecular formula is C17H26N6O2S. The lowest BCUT2D eigenvalue weighted by Crippen LogP contribution is -2.25. The van der Waals surface area contributed by atoms with Gasteiger partial charge in [-0.25, -0.2) is 14.6 Å². The molecule has 0 bridgehead atoms. The zero-order chi connectivity index (χ0) is 18.8. The second-order valence-corrected chi connectivity index (χ2v) is 6.58. The van der Waals surface area contributed by atoms with Gasteiger partial charge in [-0.1, -0.05) is 24.8 Å². The molecule has 0 radical (unpaired) electrons. The molecule has 0 fully saturated rings. The van der Waals surface area contributed by atoms with Crippen molar-refractivity contribution in [2.24, 2.45) is 0 Å². The monoisotopic (exact) mass is 378 g/mol. The molecule has 0 saturated heterocycles. The molecule has 2 N–H and O–H groups in total. The van der Waals surface area contributed by atoms with Gasteiger partial charge < -0.3 is 15.4 Å². The van der Waals surface area contributed by atoms with Crippen LogP contribution in [0.5, 0.6) is 0 Å². The number of thioether (sulfide) groups is 1. The molecule has 0 atom stereocenters. The number of fused-ring (bicyclic) bond motifs is 1. The lowest BCUT2D eigenvalue weighted by Gasteiger charge is -2.09. The van der Waals surface area contributed by atoms with Gasteiger partial charge in [-0.15, -0.1) is 0 Å². The normalized spacial score (nSPS) is 11.3. The van der Waals surface area contributed by atoms with Crippen molar-refractivity contribution in [2.75, 3.05) is 37.9 Å². The number of nitrogens with one attached hydrogen (secondary N) is 2. The molecule has 8 nitrogen and oxygen atoms in total. The van der Waals surface area contributed by atoms with Crippen LogP contribution in [0.2, 0.25) is 0 Å². The van der Waals surface area contributed by atoms with Gasteiger partial charge in [-0.3, -0.25) is 4.79 Å². The van der Waals surface area contributed by atoms with Crippen LogP contribution in [0.3, 0.4) is 0 Å². The minimum atomic E-state index is -0.111. The van der Waals surface area contributed by atoms with Crippen LogP contribution >= 0.6 is 11.8 Å². The van der Waals surface area contributed by atoms with Crippen molar-refractivity contribution in [3.63, 3.8) is 0 Å². The topological polar surface area (TPSA) is 94.0 Å². The first kappa shape index (κ1) is 20.2. The van der Waals surface area contributed by atoms with Gasteiger partial charge in [0, 0.05) is 26.0 Å². The van der Waals surface area contributed by atoms with Gasteiger partial charge in [-0.05, 0) is 19.4 Å². The smallest absolute Gasteiger partial charge is 0.243 e. The van der Waals surface area contributed by atoms with E-state index in [1.54, 1.807) is 35.8 Å². The summed E-state index contributed by atoms with van der Waals surface area (Å²) < 4.78 is 6.89. The number of hydrogen-bond donors (Lipinski definition) is 2. The zero-order valence-corrected chi connectivity index (χ0v) is 16.3. The van der Waals surface area contributed by atoms with Crippen LogP contribution in [0.15, 0.2) is 23.5 Å². The van der Waals surface area contributed by atoms with E-state index in [4.69, 9.17) is 4.74 Å². The van der Waals surface area contributed by atoms with E-state index in [0.717, 1.165) is 34.2 Å². The fourth-order valence-corrected chi connectivity index (χ4v) is 2.95. The molecule has 2 aromatic rings. The summed E-state index contributed by atoms with van der Waals surface area (Å²) in [6, 6.07) is 0. The Balaban J connectivity index is 2.19. The van der Waals surface area contributed by atoms with E-state index in [1.807, 2.05) is 6.92 Å². The first-order valence-electron chi connectivity index (χ1n) is 8.69. The fourth-order valence-electron chi connectivity index (χ4n) is 2.26. The third-order valence-corrected chi connectivity index (χ3v) is 4.50. The van der Waals surface area contributed by atoms with Crippen LogP contribution in [-0.2, 0) is 16.1 Å². The summed E-state index contributed by atoms with van der Waals surface area (Å²) in [5.74, 6) is 1.60. The molecule has 0 spiro atoms. The third kappa shape index (κ3) is 5.70. The van der Waals surface area contributed by atoms with E-state index < -0.39 is 0 Å². The minimum absolute atomic E-state index is 0.111. The molecule has 1 amide bonds. The Morgan fingerprint density at radius 1 is 1.38 bits per heavy atom. The molecule has 2 rings (SSSR count). The van der Waals surface area contributed by atoms with Gasteiger partial charge in [-0.2, -0.15) is 5.10 Å². The highest BCUT2D eigenvalue weighted by atomic mass is 32.2. The van der Waals surface area contributed by atoms with E-state index in [9.17, 15) is 4.79 Å². The summed E-state index contributed by atoms with van der Waals surface area (Å²) in [4.78, 5) is 20.8. The second-order valence-electron chi connectivity index (χ2n) is 5.52. The number of carbonyl (C=O) groups is 1. The first-order valence-corrected chi connectivity index (χ1v) is 9.67. The number of methoxy groups -OCH3 is 1. The highest BCUT2D eigenvalue weighted by Gasteiger charge is 2.13. The fraction of sp³-hybridized carbons (Fsp3) is 0.529. The largest absolute Gasteiger partial charge is 0.383 e. The van der Waals surface area contributed by atoms with Gasteiger partial charge in [0.1, 0.15) is 5.82 Å². The third-order valence-electron chi connectivity index (χ3n) is 3.45. The van der Waals surface area contributed by atoms with Gasteiger partial charge in [0.15, 0.2) is 10.8 Å². The number of carbonyl (C=O) groups excluding carboxylic acids is 1. The van der Waals surface area contributed by atoms with Crippen molar-refractivity contribution in [3.8, 4) is 0 Å². The predicted molar refractivity (Wildman–Crippen MR) is 105 cm³/mol. The maximum atomic E-state index is 11.5. The number of nitrogens with zero attached hydrogens (tertiary/aromatic N) is 4. The quantitative estimate of drug-likeness (QED) is 0.268. The average molecular weight is 379 g/mol. The van der Waals surface area contributed by atoms with E-state index in [-0.39, 0.29) is 5.91 Å². The summed E-state index contributed by atoms with van der Waals surface area (Å²) in [7, 11) is 1.67. The Morgan fingerprint density at radius 2 is 2.23 bits per heavy atom. The standard InChI is InChI=1S/C17H26N6O2S/c1-4-6-14(24)18-7-9-23-16-13(12-20-23)15(19-8-10-25-3)21-17(22-16)26-11-5-2/h4,6,12H,5,7-11H2,1-3H3,(H,18,24)(H,19,21,22)/b6-4-. The zero-order valence-electron chi connectivity index (χ0n) is 15.5. The summed E-state index contributed by atoms with van der Waals surface area (Å²) >= 11 is 1.62. The first-order chi connectivity index (χ1) is 12.7. The van der Waals surface area contributed by atoms with Crippen molar-refractivity contribution < 1.29 is 9.53 Å². The number of ether oxygens (including phenoxy) is 1. The molecule has 0 aliphatic rings. The Labute approximate surface area is 157 Å². The van der Waals surface area contributed by atoms with Crippen molar-refractivity contribution in [3.05, 3.63) is 18.3 Å². The van der Waals surface area contributed by atoms with E-state index >= 15 is 0 Å². The SMILES string of the molecule is C/C=C\C(=O)NCCn1ncc2c(NCCOC)nc(SCCC)nc21. The maximum Gasteiger partial charge on any atom is 0.243 e. The molecule has 0 aliphatic heterocycles.